The van der Waals surface area contributed by atoms with Gasteiger partial charge in [-0.2, -0.15) is 0 Å². The average molecular weight is 330 g/mol. The van der Waals surface area contributed by atoms with E-state index in [2.05, 4.69) is 5.16 Å². The zero-order valence-electron chi connectivity index (χ0n) is 15.1. The number of nitrogens with zero attached hydrogens (tertiary/aromatic N) is 2. The predicted octanol–water partition coefficient (Wildman–Crippen LogP) is 3.84. The maximum absolute atomic E-state index is 12.7. The molecule has 0 aliphatic rings. The highest BCUT2D eigenvalue weighted by molar-refractivity contribution is 5.77. The lowest BCUT2D eigenvalue weighted by molar-refractivity contribution is -0.133. The summed E-state index contributed by atoms with van der Waals surface area (Å²) >= 11 is 0. The predicted molar refractivity (Wildman–Crippen MR) is 93.1 cm³/mol. The molecule has 0 bridgehead atoms. The van der Waals surface area contributed by atoms with Gasteiger partial charge >= 0.3 is 0 Å². The molecule has 0 saturated carbocycles. The van der Waals surface area contributed by atoms with Gasteiger partial charge in [0.1, 0.15) is 11.5 Å². The summed E-state index contributed by atoms with van der Waals surface area (Å²) in [6.45, 7) is 8.51. The minimum atomic E-state index is 0.00210. The molecule has 0 spiro atoms. The number of rotatable bonds is 7. The third kappa shape index (κ3) is 3.96. The number of hydrogen-bond acceptors (Lipinski definition) is 4. The second-order valence-electron chi connectivity index (χ2n) is 5.94. The highest BCUT2D eigenvalue weighted by Crippen LogP contribution is 2.25. The number of aromatic nitrogens is 1. The Morgan fingerprint density at radius 1 is 1.38 bits per heavy atom. The molecule has 1 unspecified atom stereocenters. The van der Waals surface area contributed by atoms with Crippen LogP contribution in [0.25, 0.3) is 0 Å². The molecule has 0 N–H and O–H groups in total. The molecule has 2 rings (SSSR count). The second-order valence-corrected chi connectivity index (χ2v) is 5.94. The van der Waals surface area contributed by atoms with Gasteiger partial charge in [-0.05, 0) is 51.8 Å². The molecule has 5 heteroatoms. The Labute approximate surface area is 143 Å². The Balaban J connectivity index is 2.07. The fourth-order valence-electron chi connectivity index (χ4n) is 2.98. The van der Waals surface area contributed by atoms with Crippen LogP contribution in [0.3, 0.4) is 0 Å². The van der Waals surface area contributed by atoms with Gasteiger partial charge in [-0.15, -0.1) is 0 Å². The maximum Gasteiger partial charge on any atom is 0.223 e. The van der Waals surface area contributed by atoms with Crippen molar-refractivity contribution in [1.29, 1.82) is 0 Å². The van der Waals surface area contributed by atoms with Gasteiger partial charge in [-0.25, -0.2) is 0 Å². The first kappa shape index (κ1) is 18.0. The third-order valence-corrected chi connectivity index (χ3v) is 4.47. The first-order valence-electron chi connectivity index (χ1n) is 8.33. The standard InChI is InChI=1S/C19H26N2O3/c1-6-21(14(3)16-8-7-9-17(12-16)23-5)19(22)11-10-18-13(2)20-24-15(18)4/h7-9,12,14H,6,10-11H2,1-5H3. The second kappa shape index (κ2) is 7.99. The molecular formula is C19H26N2O3. The lowest BCUT2D eigenvalue weighted by Crippen LogP contribution is -2.33. The SMILES string of the molecule is CCN(C(=O)CCc1c(C)noc1C)C(C)c1cccc(OC)c1. The lowest BCUT2D eigenvalue weighted by Gasteiger charge is -2.28. The minimum Gasteiger partial charge on any atom is -0.497 e. The van der Waals surface area contributed by atoms with E-state index in [1.807, 2.05) is 56.9 Å². The van der Waals surface area contributed by atoms with Crippen LogP contribution in [0.5, 0.6) is 5.75 Å². The Bertz CT molecular complexity index is 674. The van der Waals surface area contributed by atoms with E-state index in [4.69, 9.17) is 9.26 Å². The lowest BCUT2D eigenvalue weighted by atomic mass is 10.0. The highest BCUT2D eigenvalue weighted by Gasteiger charge is 2.21. The van der Waals surface area contributed by atoms with Crippen molar-refractivity contribution in [2.45, 2.75) is 46.6 Å². The number of aryl methyl sites for hydroxylation is 2. The molecule has 2 aromatic rings. The zero-order chi connectivity index (χ0) is 17.7. The Kier molecular flexibility index (Phi) is 6.01. The van der Waals surface area contributed by atoms with Gasteiger partial charge in [-0.1, -0.05) is 17.3 Å². The summed E-state index contributed by atoms with van der Waals surface area (Å²) in [6.07, 6.45) is 1.10. The van der Waals surface area contributed by atoms with Gasteiger partial charge in [0.2, 0.25) is 5.91 Å². The third-order valence-electron chi connectivity index (χ3n) is 4.47. The molecule has 24 heavy (non-hydrogen) atoms. The van der Waals surface area contributed by atoms with Gasteiger partial charge in [-0.3, -0.25) is 4.79 Å². The Hall–Kier alpha value is -2.30. The number of methoxy groups -OCH3 is 1. The van der Waals surface area contributed by atoms with Crippen molar-refractivity contribution in [3.8, 4) is 5.75 Å². The van der Waals surface area contributed by atoms with Crippen molar-refractivity contribution < 1.29 is 14.1 Å². The first-order chi connectivity index (χ1) is 11.5. The molecule has 0 saturated heterocycles. The summed E-state index contributed by atoms with van der Waals surface area (Å²) in [5.74, 6) is 1.73. The number of amides is 1. The van der Waals surface area contributed by atoms with Crippen molar-refractivity contribution in [3.63, 3.8) is 0 Å². The fraction of sp³-hybridized carbons (Fsp3) is 0.474. The molecule has 0 aliphatic heterocycles. The topological polar surface area (TPSA) is 55.6 Å². The number of carbonyl (C=O) groups excluding carboxylic acids is 1. The Morgan fingerprint density at radius 3 is 2.71 bits per heavy atom. The largest absolute Gasteiger partial charge is 0.497 e. The van der Waals surface area contributed by atoms with E-state index in [-0.39, 0.29) is 11.9 Å². The molecule has 5 nitrogen and oxygen atoms in total. The number of hydrogen-bond donors (Lipinski definition) is 0. The average Bonchev–Trinajstić information content (AvgIpc) is 2.91. The van der Waals surface area contributed by atoms with Crippen LogP contribution < -0.4 is 4.74 Å². The van der Waals surface area contributed by atoms with Crippen LogP contribution in [0.1, 0.15) is 48.9 Å². The van der Waals surface area contributed by atoms with Crippen molar-refractivity contribution in [2.75, 3.05) is 13.7 Å². The number of benzene rings is 1. The molecule has 1 amide bonds. The van der Waals surface area contributed by atoms with E-state index in [9.17, 15) is 4.79 Å². The van der Waals surface area contributed by atoms with Crippen LogP contribution in [0.4, 0.5) is 0 Å². The van der Waals surface area contributed by atoms with E-state index in [1.54, 1.807) is 7.11 Å². The summed E-state index contributed by atoms with van der Waals surface area (Å²) in [7, 11) is 1.65. The monoisotopic (exact) mass is 330 g/mol. The van der Waals surface area contributed by atoms with E-state index >= 15 is 0 Å². The molecule has 0 radical (unpaired) electrons. The summed E-state index contributed by atoms with van der Waals surface area (Å²) < 4.78 is 10.4. The molecule has 1 aromatic carbocycles. The number of carbonyl (C=O) groups is 1. The van der Waals surface area contributed by atoms with Gasteiger partial charge in [0.05, 0.1) is 18.8 Å². The smallest absolute Gasteiger partial charge is 0.223 e. The van der Waals surface area contributed by atoms with Crippen LogP contribution in [0, 0.1) is 13.8 Å². The van der Waals surface area contributed by atoms with Crippen LogP contribution in [-0.2, 0) is 11.2 Å². The molecule has 1 atom stereocenters. The maximum atomic E-state index is 12.7. The quantitative estimate of drug-likeness (QED) is 0.774. The molecule has 130 valence electrons. The van der Waals surface area contributed by atoms with Crippen LogP contribution in [-0.4, -0.2) is 29.6 Å². The van der Waals surface area contributed by atoms with Gasteiger partial charge in [0.15, 0.2) is 0 Å². The molecular weight excluding hydrogens is 304 g/mol. The van der Waals surface area contributed by atoms with Crippen LogP contribution in [0.15, 0.2) is 28.8 Å². The summed E-state index contributed by atoms with van der Waals surface area (Å²) in [4.78, 5) is 14.6. The van der Waals surface area contributed by atoms with Crippen molar-refractivity contribution >= 4 is 5.91 Å². The number of ether oxygens (including phenoxy) is 1. The van der Waals surface area contributed by atoms with E-state index in [1.165, 1.54) is 0 Å². The summed E-state index contributed by atoms with van der Waals surface area (Å²) in [5.41, 5.74) is 2.97. The highest BCUT2D eigenvalue weighted by atomic mass is 16.5. The van der Waals surface area contributed by atoms with Gasteiger partial charge in [0.25, 0.3) is 0 Å². The van der Waals surface area contributed by atoms with E-state index in [0.29, 0.717) is 19.4 Å². The van der Waals surface area contributed by atoms with Gasteiger partial charge < -0.3 is 14.2 Å². The zero-order valence-corrected chi connectivity index (χ0v) is 15.1. The summed E-state index contributed by atoms with van der Waals surface area (Å²) in [6, 6.07) is 7.87. The fourth-order valence-corrected chi connectivity index (χ4v) is 2.98. The van der Waals surface area contributed by atoms with Crippen molar-refractivity contribution in [3.05, 3.63) is 46.8 Å². The Morgan fingerprint density at radius 2 is 2.12 bits per heavy atom. The normalized spacial score (nSPS) is 12.0. The molecule has 1 heterocycles. The minimum absolute atomic E-state index is 0.00210. The van der Waals surface area contributed by atoms with E-state index < -0.39 is 0 Å². The van der Waals surface area contributed by atoms with Crippen molar-refractivity contribution in [1.82, 2.24) is 10.1 Å². The van der Waals surface area contributed by atoms with E-state index in [0.717, 1.165) is 28.3 Å². The molecule has 0 aliphatic carbocycles. The van der Waals surface area contributed by atoms with Crippen LogP contribution >= 0.6 is 0 Å². The van der Waals surface area contributed by atoms with Crippen molar-refractivity contribution in [2.24, 2.45) is 0 Å². The first-order valence-corrected chi connectivity index (χ1v) is 8.33. The summed E-state index contributed by atoms with van der Waals surface area (Å²) in [5, 5.41) is 3.95. The van der Waals surface area contributed by atoms with Crippen LogP contribution in [0.2, 0.25) is 0 Å². The molecule has 0 fully saturated rings. The molecule has 1 aromatic heterocycles. The van der Waals surface area contributed by atoms with Gasteiger partial charge in [0, 0.05) is 18.5 Å².